The lowest BCUT2D eigenvalue weighted by Gasteiger charge is -2.34. The number of fused-ring (bicyclic) bond motifs is 1. The number of hydrogen-bond acceptors (Lipinski definition) is 6. The van der Waals surface area contributed by atoms with Gasteiger partial charge in [-0.2, -0.15) is 0 Å². The monoisotopic (exact) mass is 414 g/mol. The second kappa shape index (κ2) is 8.75. The minimum atomic E-state index is -0.494. The summed E-state index contributed by atoms with van der Waals surface area (Å²) in [5, 5.41) is 3.81. The molecule has 1 N–H and O–H groups in total. The number of methoxy groups -OCH3 is 1. The Bertz CT molecular complexity index is 1000. The molecule has 1 saturated heterocycles. The molecule has 1 amide bonds. The highest BCUT2D eigenvalue weighted by molar-refractivity contribution is 7.22. The predicted molar refractivity (Wildman–Crippen MR) is 114 cm³/mol. The summed E-state index contributed by atoms with van der Waals surface area (Å²) >= 11 is 1.68. The van der Waals surface area contributed by atoms with E-state index in [1.807, 2.05) is 12.1 Å². The largest absolute Gasteiger partial charge is 0.494 e. The maximum atomic E-state index is 13.7. The smallest absolute Gasteiger partial charge is 0.254 e. The number of anilines is 1. The molecule has 1 fully saturated rings. The minimum absolute atomic E-state index is 0.0867. The third kappa shape index (κ3) is 4.33. The fourth-order valence-corrected chi connectivity index (χ4v) is 4.48. The van der Waals surface area contributed by atoms with E-state index in [9.17, 15) is 9.18 Å². The summed E-state index contributed by atoms with van der Waals surface area (Å²) in [6.45, 7) is 4.77. The van der Waals surface area contributed by atoms with Crippen molar-refractivity contribution in [3.8, 4) is 5.75 Å². The van der Waals surface area contributed by atoms with Gasteiger partial charge in [0.1, 0.15) is 17.1 Å². The van der Waals surface area contributed by atoms with E-state index in [-0.39, 0.29) is 11.5 Å². The van der Waals surface area contributed by atoms with Gasteiger partial charge in [-0.25, -0.2) is 9.37 Å². The first-order valence-electron chi connectivity index (χ1n) is 9.59. The molecule has 1 aromatic heterocycles. The van der Waals surface area contributed by atoms with Gasteiger partial charge in [0.05, 0.1) is 17.4 Å². The van der Waals surface area contributed by atoms with Gasteiger partial charge in [-0.05, 0) is 24.3 Å². The van der Waals surface area contributed by atoms with Crippen molar-refractivity contribution < 1.29 is 13.9 Å². The third-order valence-corrected chi connectivity index (χ3v) is 6.15. The van der Waals surface area contributed by atoms with E-state index in [2.05, 4.69) is 21.2 Å². The van der Waals surface area contributed by atoms with Crippen molar-refractivity contribution in [2.75, 3.05) is 51.3 Å². The molecule has 2 aromatic carbocycles. The number of hydrogen-bond donors (Lipinski definition) is 1. The van der Waals surface area contributed by atoms with E-state index in [0.717, 1.165) is 53.8 Å². The van der Waals surface area contributed by atoms with Crippen LogP contribution in [-0.4, -0.2) is 62.2 Å². The molecular formula is C21H23FN4O2S. The number of nitrogens with one attached hydrogen (secondary N) is 1. The number of benzene rings is 2. The number of carbonyl (C=O) groups is 1. The van der Waals surface area contributed by atoms with Crippen LogP contribution in [-0.2, 0) is 0 Å². The Balaban J connectivity index is 1.28. The van der Waals surface area contributed by atoms with E-state index in [1.165, 1.54) is 12.1 Å². The predicted octanol–water partition coefficient (Wildman–Crippen LogP) is 3.00. The van der Waals surface area contributed by atoms with Gasteiger partial charge in [0.25, 0.3) is 5.91 Å². The van der Waals surface area contributed by atoms with Gasteiger partial charge >= 0.3 is 0 Å². The summed E-state index contributed by atoms with van der Waals surface area (Å²) in [6.07, 6.45) is 0. The molecule has 0 aliphatic carbocycles. The van der Waals surface area contributed by atoms with Crippen molar-refractivity contribution in [1.82, 2.24) is 15.2 Å². The molecule has 4 rings (SSSR count). The number of rotatable bonds is 6. The van der Waals surface area contributed by atoms with Crippen LogP contribution in [0.3, 0.4) is 0 Å². The van der Waals surface area contributed by atoms with Crippen molar-refractivity contribution in [2.45, 2.75) is 0 Å². The Labute approximate surface area is 172 Å². The van der Waals surface area contributed by atoms with Crippen LogP contribution < -0.4 is 15.0 Å². The summed E-state index contributed by atoms with van der Waals surface area (Å²) < 4.78 is 20.2. The molecule has 0 atom stereocenters. The van der Waals surface area contributed by atoms with Gasteiger partial charge in [0.2, 0.25) is 0 Å². The Morgan fingerprint density at radius 2 is 1.97 bits per heavy atom. The molecule has 152 valence electrons. The lowest BCUT2D eigenvalue weighted by atomic mass is 10.2. The highest BCUT2D eigenvalue weighted by Gasteiger charge is 2.20. The number of halogens is 1. The molecule has 6 nitrogen and oxygen atoms in total. The Hall–Kier alpha value is -2.71. The van der Waals surface area contributed by atoms with Gasteiger partial charge in [0, 0.05) is 39.3 Å². The first kappa shape index (κ1) is 19.6. The van der Waals surface area contributed by atoms with Crippen LogP contribution >= 0.6 is 11.3 Å². The number of carbonyl (C=O) groups excluding carboxylic acids is 1. The molecule has 2 heterocycles. The highest BCUT2D eigenvalue weighted by Crippen LogP contribution is 2.34. The van der Waals surface area contributed by atoms with Gasteiger partial charge in [-0.3, -0.25) is 9.69 Å². The number of ether oxygens (including phenoxy) is 1. The SMILES string of the molecule is COc1cccc2sc(N3CCN(CCNC(=O)c4ccccc4F)CC3)nc12. The number of amides is 1. The first-order chi connectivity index (χ1) is 14.2. The van der Waals surface area contributed by atoms with Crippen molar-refractivity contribution in [2.24, 2.45) is 0 Å². The van der Waals surface area contributed by atoms with Crippen LogP contribution in [0.2, 0.25) is 0 Å². The zero-order valence-electron chi connectivity index (χ0n) is 16.2. The van der Waals surface area contributed by atoms with E-state index < -0.39 is 5.82 Å². The van der Waals surface area contributed by atoms with E-state index in [1.54, 1.807) is 30.6 Å². The Kier molecular flexibility index (Phi) is 5.92. The van der Waals surface area contributed by atoms with Crippen molar-refractivity contribution >= 4 is 32.6 Å². The average Bonchev–Trinajstić information content (AvgIpc) is 3.19. The minimum Gasteiger partial charge on any atom is -0.494 e. The topological polar surface area (TPSA) is 57.7 Å². The fourth-order valence-electron chi connectivity index (χ4n) is 3.44. The molecule has 0 unspecified atom stereocenters. The second-order valence-electron chi connectivity index (χ2n) is 6.87. The molecule has 0 bridgehead atoms. The molecule has 8 heteroatoms. The van der Waals surface area contributed by atoms with E-state index in [0.29, 0.717) is 6.54 Å². The lowest BCUT2D eigenvalue weighted by molar-refractivity contribution is 0.0943. The molecular weight excluding hydrogens is 391 g/mol. The summed E-state index contributed by atoms with van der Waals surface area (Å²) in [5.74, 6) is -0.0644. The van der Waals surface area contributed by atoms with E-state index in [4.69, 9.17) is 9.72 Å². The zero-order chi connectivity index (χ0) is 20.2. The molecule has 0 spiro atoms. The highest BCUT2D eigenvalue weighted by atomic mass is 32.1. The number of nitrogens with zero attached hydrogens (tertiary/aromatic N) is 3. The zero-order valence-corrected chi connectivity index (χ0v) is 17.0. The van der Waals surface area contributed by atoms with Gasteiger partial charge in [-0.1, -0.05) is 29.5 Å². The van der Waals surface area contributed by atoms with Crippen molar-refractivity contribution in [3.63, 3.8) is 0 Å². The number of thiazole rings is 1. The van der Waals surface area contributed by atoms with Gasteiger partial charge < -0.3 is 15.0 Å². The van der Waals surface area contributed by atoms with Gasteiger partial charge in [0.15, 0.2) is 5.13 Å². The number of aromatic nitrogens is 1. The first-order valence-corrected chi connectivity index (χ1v) is 10.4. The maximum absolute atomic E-state index is 13.7. The van der Waals surface area contributed by atoms with Crippen LogP contribution in [0.1, 0.15) is 10.4 Å². The quantitative estimate of drug-likeness (QED) is 0.672. The Morgan fingerprint density at radius 3 is 2.72 bits per heavy atom. The summed E-state index contributed by atoms with van der Waals surface area (Å²) in [4.78, 5) is 21.4. The van der Waals surface area contributed by atoms with Crippen molar-refractivity contribution in [1.29, 1.82) is 0 Å². The normalized spacial score (nSPS) is 14.9. The Morgan fingerprint density at radius 1 is 1.17 bits per heavy atom. The van der Waals surface area contributed by atoms with Crippen LogP contribution in [0, 0.1) is 5.82 Å². The molecule has 1 aliphatic heterocycles. The molecule has 3 aromatic rings. The summed E-state index contributed by atoms with van der Waals surface area (Å²) in [6, 6.07) is 12.0. The van der Waals surface area contributed by atoms with E-state index >= 15 is 0 Å². The second-order valence-corrected chi connectivity index (χ2v) is 7.88. The standard InChI is InChI=1S/C21H23FN4O2S/c1-28-17-7-4-8-18-19(17)24-21(29-18)26-13-11-25(12-14-26)10-9-23-20(27)15-5-2-3-6-16(15)22/h2-8H,9-14H2,1H3,(H,23,27). The maximum Gasteiger partial charge on any atom is 0.254 e. The summed E-state index contributed by atoms with van der Waals surface area (Å²) in [5.41, 5.74) is 0.997. The van der Waals surface area contributed by atoms with Crippen LogP contribution in [0.4, 0.5) is 9.52 Å². The molecule has 0 radical (unpaired) electrons. The number of para-hydroxylation sites is 1. The lowest BCUT2D eigenvalue weighted by Crippen LogP contribution is -2.48. The van der Waals surface area contributed by atoms with Crippen molar-refractivity contribution in [3.05, 3.63) is 53.8 Å². The molecule has 1 aliphatic rings. The fraction of sp³-hybridized carbons (Fsp3) is 0.333. The van der Waals surface area contributed by atoms with Crippen LogP contribution in [0.25, 0.3) is 10.2 Å². The van der Waals surface area contributed by atoms with Crippen LogP contribution in [0.15, 0.2) is 42.5 Å². The van der Waals surface area contributed by atoms with Gasteiger partial charge in [-0.15, -0.1) is 0 Å². The molecule has 0 saturated carbocycles. The third-order valence-electron chi connectivity index (χ3n) is 5.07. The average molecular weight is 415 g/mol. The number of piperazine rings is 1. The summed E-state index contributed by atoms with van der Waals surface area (Å²) in [7, 11) is 1.66. The molecule has 29 heavy (non-hydrogen) atoms. The van der Waals surface area contributed by atoms with Crippen LogP contribution in [0.5, 0.6) is 5.75 Å².